The smallest absolute Gasteiger partial charge is 0.249 e. The van der Waals surface area contributed by atoms with E-state index in [9.17, 15) is 4.79 Å². The van der Waals surface area contributed by atoms with E-state index in [1.54, 1.807) is 0 Å². The van der Waals surface area contributed by atoms with Gasteiger partial charge in [0.2, 0.25) is 11.8 Å². The molecule has 0 radical (unpaired) electrons. The van der Waals surface area contributed by atoms with E-state index in [0.717, 1.165) is 12.0 Å². The van der Waals surface area contributed by atoms with Crippen LogP contribution in [0, 0.1) is 0 Å². The summed E-state index contributed by atoms with van der Waals surface area (Å²) in [6.07, 6.45) is 1.27. The highest BCUT2D eigenvalue weighted by molar-refractivity contribution is 5.78. The molecule has 1 saturated heterocycles. The summed E-state index contributed by atoms with van der Waals surface area (Å²) in [4.78, 5) is 18.7. The van der Waals surface area contributed by atoms with Crippen LogP contribution in [0.5, 0.6) is 0 Å². The molecule has 0 bridgehead atoms. The van der Waals surface area contributed by atoms with Crippen LogP contribution in [0.15, 0.2) is 28.8 Å². The van der Waals surface area contributed by atoms with Gasteiger partial charge in [0.25, 0.3) is 0 Å². The predicted octanol–water partition coefficient (Wildman–Crippen LogP) is 4.18. The van der Waals surface area contributed by atoms with E-state index < -0.39 is 0 Å². The Kier molecular flexibility index (Phi) is 4.69. The molecule has 0 N–H and O–H groups in total. The fourth-order valence-corrected chi connectivity index (χ4v) is 3.01. The molecule has 5 nitrogen and oxygen atoms in total. The average molecular weight is 327 g/mol. The van der Waals surface area contributed by atoms with Crippen LogP contribution in [-0.4, -0.2) is 20.9 Å². The lowest BCUT2D eigenvalue weighted by molar-refractivity contribution is -0.129. The van der Waals surface area contributed by atoms with Crippen LogP contribution >= 0.6 is 0 Å². The van der Waals surface area contributed by atoms with Crippen molar-refractivity contribution in [3.8, 4) is 0 Å². The van der Waals surface area contributed by atoms with Crippen LogP contribution in [-0.2, 0) is 11.3 Å². The zero-order chi connectivity index (χ0) is 17.3. The first-order valence-electron chi connectivity index (χ1n) is 8.67. The number of carbonyl (C=O) groups is 1. The number of benzene rings is 1. The minimum atomic E-state index is -0.109. The highest BCUT2D eigenvalue weighted by Gasteiger charge is 2.36. The number of hydrogen-bond donors (Lipinski definition) is 0. The van der Waals surface area contributed by atoms with Gasteiger partial charge < -0.3 is 9.42 Å². The van der Waals surface area contributed by atoms with Crippen LogP contribution in [0.25, 0.3) is 0 Å². The molecule has 2 heterocycles. The van der Waals surface area contributed by atoms with Gasteiger partial charge in [0, 0.05) is 18.9 Å². The minimum absolute atomic E-state index is 0.109. The van der Waals surface area contributed by atoms with Gasteiger partial charge in [0.1, 0.15) is 6.04 Å². The van der Waals surface area contributed by atoms with E-state index in [4.69, 9.17) is 4.52 Å². The van der Waals surface area contributed by atoms with Crippen molar-refractivity contribution in [3.63, 3.8) is 0 Å². The maximum atomic E-state index is 12.3. The summed E-state index contributed by atoms with van der Waals surface area (Å²) < 4.78 is 5.42. The van der Waals surface area contributed by atoms with E-state index in [2.05, 4.69) is 48.3 Å². The first-order chi connectivity index (χ1) is 11.5. The molecule has 1 fully saturated rings. The standard InChI is InChI=1S/C19H25N3O2/c1-12(2)15-7-5-14(6-8-15)11-22-16(9-10-17(22)23)19-20-18(13(3)4)21-24-19/h5-8,12-13,16H,9-11H2,1-4H3. The molecule has 3 rings (SSSR count). The second kappa shape index (κ2) is 6.75. The second-order valence-electron chi connectivity index (χ2n) is 7.12. The number of hydrogen-bond acceptors (Lipinski definition) is 4. The lowest BCUT2D eigenvalue weighted by Gasteiger charge is -2.22. The van der Waals surface area contributed by atoms with E-state index in [1.165, 1.54) is 5.56 Å². The predicted molar refractivity (Wildman–Crippen MR) is 91.4 cm³/mol. The highest BCUT2D eigenvalue weighted by atomic mass is 16.5. The van der Waals surface area contributed by atoms with E-state index >= 15 is 0 Å². The molecule has 1 aromatic heterocycles. The first kappa shape index (κ1) is 16.7. The second-order valence-corrected chi connectivity index (χ2v) is 7.12. The number of aromatic nitrogens is 2. The van der Waals surface area contributed by atoms with Gasteiger partial charge in [-0.2, -0.15) is 4.98 Å². The van der Waals surface area contributed by atoms with Crippen molar-refractivity contribution in [1.29, 1.82) is 0 Å². The van der Waals surface area contributed by atoms with Crippen LogP contribution in [0.1, 0.15) is 81.3 Å². The van der Waals surface area contributed by atoms with E-state index in [-0.39, 0.29) is 17.9 Å². The summed E-state index contributed by atoms with van der Waals surface area (Å²) in [5, 5.41) is 4.03. The molecule has 2 aromatic rings. The number of amides is 1. The fourth-order valence-electron chi connectivity index (χ4n) is 3.01. The van der Waals surface area contributed by atoms with Gasteiger partial charge >= 0.3 is 0 Å². The molecule has 5 heteroatoms. The molecule has 0 spiro atoms. The summed E-state index contributed by atoms with van der Waals surface area (Å²) in [7, 11) is 0. The Morgan fingerprint density at radius 1 is 1.17 bits per heavy atom. The van der Waals surface area contributed by atoms with Crippen LogP contribution in [0.4, 0.5) is 0 Å². The SMILES string of the molecule is CC(C)c1ccc(CN2C(=O)CCC2c2nc(C(C)C)no2)cc1. The van der Waals surface area contributed by atoms with Crippen LogP contribution < -0.4 is 0 Å². The molecule has 0 saturated carbocycles. The molecule has 24 heavy (non-hydrogen) atoms. The van der Waals surface area contributed by atoms with Crippen molar-refractivity contribution in [2.45, 2.75) is 65.0 Å². The molecule has 1 aliphatic heterocycles. The quantitative estimate of drug-likeness (QED) is 0.826. The lowest BCUT2D eigenvalue weighted by Crippen LogP contribution is -2.27. The third-order valence-electron chi connectivity index (χ3n) is 4.59. The van der Waals surface area contributed by atoms with Crippen LogP contribution in [0.2, 0.25) is 0 Å². The molecule has 1 amide bonds. The first-order valence-corrected chi connectivity index (χ1v) is 8.67. The van der Waals surface area contributed by atoms with Gasteiger partial charge in [-0.25, -0.2) is 0 Å². The summed E-state index contributed by atoms with van der Waals surface area (Å²) >= 11 is 0. The van der Waals surface area contributed by atoms with Crippen molar-refractivity contribution >= 4 is 5.91 Å². The number of likely N-dealkylation sites (tertiary alicyclic amines) is 1. The normalized spacial score (nSPS) is 18.2. The molecular formula is C19H25N3O2. The maximum Gasteiger partial charge on any atom is 0.249 e. The van der Waals surface area contributed by atoms with Crippen molar-refractivity contribution in [2.24, 2.45) is 0 Å². The van der Waals surface area contributed by atoms with Gasteiger partial charge in [-0.1, -0.05) is 57.1 Å². The Morgan fingerprint density at radius 3 is 2.46 bits per heavy atom. The monoisotopic (exact) mass is 327 g/mol. The Balaban J connectivity index is 1.77. The summed E-state index contributed by atoms with van der Waals surface area (Å²) in [6, 6.07) is 8.37. The minimum Gasteiger partial charge on any atom is -0.337 e. The molecular weight excluding hydrogens is 302 g/mol. The molecule has 0 aliphatic carbocycles. The third kappa shape index (κ3) is 3.35. The largest absolute Gasteiger partial charge is 0.337 e. The van der Waals surface area contributed by atoms with Crippen molar-refractivity contribution in [3.05, 3.63) is 47.1 Å². The Morgan fingerprint density at radius 2 is 1.88 bits per heavy atom. The topological polar surface area (TPSA) is 59.2 Å². The van der Waals surface area contributed by atoms with Crippen molar-refractivity contribution in [1.82, 2.24) is 15.0 Å². The maximum absolute atomic E-state index is 12.3. The zero-order valence-electron chi connectivity index (χ0n) is 14.8. The zero-order valence-corrected chi connectivity index (χ0v) is 14.8. The van der Waals surface area contributed by atoms with E-state index in [0.29, 0.717) is 30.6 Å². The van der Waals surface area contributed by atoms with E-state index in [1.807, 2.05) is 18.7 Å². The summed E-state index contributed by atoms with van der Waals surface area (Å²) in [5.74, 6) is 2.14. The van der Waals surface area contributed by atoms with Crippen molar-refractivity contribution < 1.29 is 9.32 Å². The third-order valence-corrected chi connectivity index (χ3v) is 4.59. The number of carbonyl (C=O) groups excluding carboxylic acids is 1. The highest BCUT2D eigenvalue weighted by Crippen LogP contribution is 2.33. The molecule has 1 unspecified atom stereocenters. The average Bonchev–Trinajstić information content (AvgIpc) is 3.16. The summed E-state index contributed by atoms with van der Waals surface area (Å²) in [6.45, 7) is 9.00. The van der Waals surface area contributed by atoms with Gasteiger partial charge in [-0.15, -0.1) is 0 Å². The Bertz CT molecular complexity index is 704. The number of nitrogens with zero attached hydrogens (tertiary/aromatic N) is 3. The number of rotatable bonds is 5. The fraction of sp³-hybridized carbons (Fsp3) is 0.526. The molecule has 1 aromatic carbocycles. The van der Waals surface area contributed by atoms with Gasteiger partial charge in [0.15, 0.2) is 5.82 Å². The lowest BCUT2D eigenvalue weighted by atomic mass is 10.0. The van der Waals surface area contributed by atoms with Crippen molar-refractivity contribution in [2.75, 3.05) is 0 Å². The molecule has 1 atom stereocenters. The van der Waals surface area contributed by atoms with Gasteiger partial charge in [0.05, 0.1) is 0 Å². The molecule has 1 aliphatic rings. The molecule has 128 valence electrons. The van der Waals surface area contributed by atoms with Crippen LogP contribution in [0.3, 0.4) is 0 Å². The Hall–Kier alpha value is -2.17. The van der Waals surface area contributed by atoms with Gasteiger partial charge in [-0.05, 0) is 23.5 Å². The van der Waals surface area contributed by atoms with Gasteiger partial charge in [-0.3, -0.25) is 4.79 Å². The summed E-state index contributed by atoms with van der Waals surface area (Å²) in [5.41, 5.74) is 2.43. The Labute approximate surface area is 143 Å².